The van der Waals surface area contributed by atoms with Crippen LogP contribution in [0.1, 0.15) is 27.7 Å². The number of allylic oxidation sites excluding steroid dienone is 3. The highest BCUT2D eigenvalue weighted by Gasteiger charge is 2.29. The fourth-order valence-electron chi connectivity index (χ4n) is 2.06. The molecule has 1 N–H and O–H groups in total. The van der Waals surface area contributed by atoms with Crippen molar-refractivity contribution in [1.29, 1.82) is 0 Å². The Hall–Kier alpha value is -1.25. The predicted molar refractivity (Wildman–Crippen MR) is 58.9 cm³/mol. The minimum Gasteiger partial charge on any atom is -0.349 e. The summed E-state index contributed by atoms with van der Waals surface area (Å²) in [4.78, 5) is 6.90. The Morgan fingerprint density at radius 3 is 2.79 bits per heavy atom. The number of aliphatic imine (C=N–C) groups is 1. The van der Waals surface area contributed by atoms with Crippen molar-refractivity contribution >= 4 is 5.84 Å². The number of nitrogens with zero attached hydrogens (tertiary/aromatic N) is 2. The van der Waals surface area contributed by atoms with Gasteiger partial charge < -0.3 is 10.2 Å². The molecule has 0 aromatic rings. The van der Waals surface area contributed by atoms with Crippen molar-refractivity contribution < 1.29 is 0 Å². The molecular formula is C11H17N3. The Balaban J connectivity index is 2.39. The average Bonchev–Trinajstić information content (AvgIpc) is 2.47. The first kappa shape index (κ1) is 9.31. The molecule has 0 fully saturated rings. The van der Waals surface area contributed by atoms with E-state index in [-0.39, 0.29) is 6.17 Å². The van der Waals surface area contributed by atoms with Crippen LogP contribution in [0.2, 0.25) is 0 Å². The Bertz CT molecular complexity index is 350. The molecule has 0 spiro atoms. The zero-order valence-electron chi connectivity index (χ0n) is 9.26. The third-order valence-corrected chi connectivity index (χ3v) is 2.93. The molecule has 76 valence electrons. The third-order valence-electron chi connectivity index (χ3n) is 2.93. The largest absolute Gasteiger partial charge is 0.349 e. The molecular weight excluding hydrogens is 174 g/mol. The van der Waals surface area contributed by atoms with Gasteiger partial charge in [0.05, 0.1) is 5.70 Å². The van der Waals surface area contributed by atoms with Crippen molar-refractivity contribution in [3.05, 3.63) is 23.0 Å². The molecule has 1 unspecified atom stereocenters. The lowest BCUT2D eigenvalue weighted by Gasteiger charge is -2.33. The number of hydrogen-bond acceptors (Lipinski definition) is 3. The minimum atomic E-state index is 0.198. The van der Waals surface area contributed by atoms with Crippen molar-refractivity contribution in [1.82, 2.24) is 10.2 Å². The van der Waals surface area contributed by atoms with Gasteiger partial charge in [0.2, 0.25) is 0 Å². The van der Waals surface area contributed by atoms with Crippen LogP contribution in [-0.2, 0) is 0 Å². The second kappa shape index (κ2) is 3.15. The molecule has 0 saturated carbocycles. The molecule has 0 saturated heterocycles. The molecule has 2 heterocycles. The van der Waals surface area contributed by atoms with Gasteiger partial charge in [-0.15, -0.1) is 0 Å². The van der Waals surface area contributed by atoms with Crippen LogP contribution in [0.5, 0.6) is 0 Å². The maximum Gasteiger partial charge on any atom is 0.163 e. The first-order valence-electron chi connectivity index (χ1n) is 5.10. The number of hydrogen-bond donors (Lipinski definition) is 1. The standard InChI is InChI=1S/C11H17N3/c1-5-14-8(3)7(2)6-10-11(14)13-9(4)12-10/h6,11H,5H2,1-4H3,(H,12,13). The number of nitrogens with one attached hydrogen (secondary N) is 1. The minimum absolute atomic E-state index is 0.198. The van der Waals surface area contributed by atoms with E-state index in [1.165, 1.54) is 17.0 Å². The molecule has 3 heteroatoms. The topological polar surface area (TPSA) is 27.6 Å². The van der Waals surface area contributed by atoms with Crippen molar-refractivity contribution in [2.24, 2.45) is 4.99 Å². The van der Waals surface area contributed by atoms with Crippen LogP contribution in [0.25, 0.3) is 0 Å². The number of fused-ring (bicyclic) bond motifs is 1. The Morgan fingerprint density at radius 1 is 1.43 bits per heavy atom. The van der Waals surface area contributed by atoms with E-state index < -0.39 is 0 Å². The highest BCUT2D eigenvalue weighted by atomic mass is 15.3. The Kier molecular flexibility index (Phi) is 2.10. The molecule has 2 aliphatic rings. The summed E-state index contributed by atoms with van der Waals surface area (Å²) in [6.45, 7) is 9.50. The predicted octanol–water partition coefficient (Wildman–Crippen LogP) is 1.85. The van der Waals surface area contributed by atoms with Crippen molar-refractivity contribution in [2.75, 3.05) is 6.54 Å². The van der Waals surface area contributed by atoms with Gasteiger partial charge in [-0.2, -0.15) is 0 Å². The molecule has 0 aliphatic carbocycles. The number of amidine groups is 1. The summed E-state index contributed by atoms with van der Waals surface area (Å²) in [7, 11) is 0. The van der Waals surface area contributed by atoms with Crippen LogP contribution in [0, 0.1) is 0 Å². The van der Waals surface area contributed by atoms with Gasteiger partial charge in [0.1, 0.15) is 5.84 Å². The van der Waals surface area contributed by atoms with E-state index in [1.54, 1.807) is 0 Å². The lowest BCUT2D eigenvalue weighted by atomic mass is 10.1. The molecule has 0 aromatic heterocycles. The van der Waals surface area contributed by atoms with Gasteiger partial charge in [-0.05, 0) is 39.3 Å². The van der Waals surface area contributed by atoms with Gasteiger partial charge in [-0.1, -0.05) is 0 Å². The van der Waals surface area contributed by atoms with Crippen LogP contribution in [0.3, 0.4) is 0 Å². The summed E-state index contributed by atoms with van der Waals surface area (Å²) in [5.41, 5.74) is 3.88. The van der Waals surface area contributed by atoms with E-state index in [1.807, 2.05) is 6.92 Å². The number of likely N-dealkylation sites (N-methyl/N-ethyl adjacent to an activating group) is 1. The highest BCUT2D eigenvalue weighted by molar-refractivity contribution is 5.84. The van der Waals surface area contributed by atoms with E-state index in [0.29, 0.717) is 0 Å². The molecule has 14 heavy (non-hydrogen) atoms. The van der Waals surface area contributed by atoms with E-state index in [0.717, 1.165) is 12.4 Å². The van der Waals surface area contributed by atoms with E-state index >= 15 is 0 Å². The van der Waals surface area contributed by atoms with Crippen LogP contribution in [0.15, 0.2) is 28.0 Å². The van der Waals surface area contributed by atoms with E-state index in [9.17, 15) is 0 Å². The fourth-order valence-corrected chi connectivity index (χ4v) is 2.06. The summed E-state index contributed by atoms with van der Waals surface area (Å²) in [6.07, 6.45) is 2.40. The number of rotatable bonds is 1. The van der Waals surface area contributed by atoms with Gasteiger partial charge in [-0.3, -0.25) is 0 Å². The lowest BCUT2D eigenvalue weighted by molar-refractivity contribution is 0.298. The molecule has 0 amide bonds. The van der Waals surface area contributed by atoms with Gasteiger partial charge in [0, 0.05) is 12.2 Å². The average molecular weight is 191 g/mol. The fraction of sp³-hybridized carbons (Fsp3) is 0.545. The molecule has 0 bridgehead atoms. The smallest absolute Gasteiger partial charge is 0.163 e. The maximum atomic E-state index is 4.58. The van der Waals surface area contributed by atoms with Gasteiger partial charge in [-0.25, -0.2) is 4.99 Å². The van der Waals surface area contributed by atoms with Crippen LogP contribution >= 0.6 is 0 Å². The van der Waals surface area contributed by atoms with E-state index in [4.69, 9.17) is 0 Å². The van der Waals surface area contributed by atoms with Gasteiger partial charge >= 0.3 is 0 Å². The summed E-state index contributed by atoms with van der Waals surface area (Å²) < 4.78 is 0. The monoisotopic (exact) mass is 191 g/mol. The summed E-state index contributed by atoms with van der Waals surface area (Å²) in [5.74, 6) is 1.02. The molecule has 0 aromatic carbocycles. The first-order valence-corrected chi connectivity index (χ1v) is 5.10. The summed E-state index contributed by atoms with van der Waals surface area (Å²) >= 11 is 0. The van der Waals surface area contributed by atoms with Crippen LogP contribution < -0.4 is 5.32 Å². The molecule has 2 aliphatic heterocycles. The van der Waals surface area contributed by atoms with Crippen LogP contribution in [0.4, 0.5) is 0 Å². The normalized spacial score (nSPS) is 25.7. The van der Waals surface area contributed by atoms with Crippen LogP contribution in [-0.4, -0.2) is 23.4 Å². The van der Waals surface area contributed by atoms with Crippen molar-refractivity contribution in [2.45, 2.75) is 33.9 Å². The Morgan fingerprint density at radius 2 is 2.14 bits per heavy atom. The van der Waals surface area contributed by atoms with Crippen molar-refractivity contribution in [3.8, 4) is 0 Å². The van der Waals surface area contributed by atoms with Gasteiger partial charge in [0.15, 0.2) is 6.17 Å². The molecule has 2 rings (SSSR count). The summed E-state index contributed by atoms with van der Waals surface area (Å²) in [5, 5.41) is 3.31. The van der Waals surface area contributed by atoms with E-state index in [2.05, 4.69) is 42.1 Å². The Labute approximate surface area is 85.2 Å². The van der Waals surface area contributed by atoms with Gasteiger partial charge in [0.25, 0.3) is 0 Å². The summed E-state index contributed by atoms with van der Waals surface area (Å²) in [6, 6.07) is 0. The lowest BCUT2D eigenvalue weighted by Crippen LogP contribution is -2.37. The zero-order chi connectivity index (χ0) is 10.3. The second-order valence-corrected chi connectivity index (χ2v) is 3.87. The third kappa shape index (κ3) is 1.24. The quantitative estimate of drug-likeness (QED) is 0.685. The SMILES string of the molecule is CCN1C(C)=C(C)C=C2NC(C)=NC21. The molecule has 0 radical (unpaired) electrons. The molecule has 3 nitrogen and oxygen atoms in total. The molecule has 1 atom stereocenters. The first-order chi connectivity index (χ1) is 6.63. The highest BCUT2D eigenvalue weighted by Crippen LogP contribution is 2.27. The maximum absolute atomic E-state index is 4.58. The zero-order valence-corrected chi connectivity index (χ0v) is 9.26. The second-order valence-electron chi connectivity index (χ2n) is 3.87. The van der Waals surface area contributed by atoms with Crippen molar-refractivity contribution in [3.63, 3.8) is 0 Å².